The van der Waals surface area contributed by atoms with Crippen LogP contribution in [0.25, 0.3) is 0 Å². The number of aliphatic hydroxyl groups is 1. The molecular formula is C62H82N4O9. The number of benzene rings is 2. The SMILES string of the molecule is C=CC[C@@H](Cc1noc(C2CC(CC(C)(C)C)C2)c1C1CC1)C(=O)N1C(=O)OC[C@@H]1Cc1ccccc1.CC(C)(C)CC1CC(c2onc(C[C@H](CCCO)C(=O)N3C(=O)OC[C@@H]3Cc3ccccc3)c2C2CC2)C1. The molecule has 4 atom stereocenters. The second-order valence-corrected chi connectivity index (χ2v) is 25.4. The maximum absolute atomic E-state index is 13.8. The number of amides is 4. The van der Waals surface area contributed by atoms with E-state index >= 15 is 0 Å². The van der Waals surface area contributed by atoms with Crippen molar-refractivity contribution < 1.29 is 42.8 Å². The van der Waals surface area contributed by atoms with Gasteiger partial charge in [0.25, 0.3) is 0 Å². The predicted molar refractivity (Wildman–Crippen MR) is 286 cm³/mol. The van der Waals surface area contributed by atoms with Gasteiger partial charge < -0.3 is 23.6 Å². The third kappa shape index (κ3) is 13.5. The lowest BCUT2D eigenvalue weighted by atomic mass is 9.67. The van der Waals surface area contributed by atoms with E-state index in [-0.39, 0.29) is 43.7 Å². The zero-order valence-corrected chi connectivity index (χ0v) is 45.5. The molecule has 4 aromatic rings. The summed E-state index contributed by atoms with van der Waals surface area (Å²) < 4.78 is 22.7. The highest BCUT2D eigenvalue weighted by Crippen LogP contribution is 2.54. The highest BCUT2D eigenvalue weighted by Gasteiger charge is 2.46. The van der Waals surface area contributed by atoms with Crippen LogP contribution in [-0.2, 0) is 44.7 Å². The molecule has 6 aliphatic rings. The second-order valence-electron chi connectivity index (χ2n) is 25.4. The minimum Gasteiger partial charge on any atom is -0.447 e. The lowest BCUT2D eigenvalue weighted by molar-refractivity contribution is -0.134. The lowest BCUT2D eigenvalue weighted by Gasteiger charge is -2.38. The van der Waals surface area contributed by atoms with E-state index in [2.05, 4.69) is 58.4 Å². The molecule has 4 saturated carbocycles. The Labute approximate surface area is 444 Å². The zero-order valence-electron chi connectivity index (χ0n) is 45.5. The smallest absolute Gasteiger partial charge is 0.416 e. The highest BCUT2D eigenvalue weighted by atomic mass is 16.6. The minimum atomic E-state index is -0.576. The van der Waals surface area contributed by atoms with Crippen LogP contribution >= 0.6 is 0 Å². The quantitative estimate of drug-likeness (QED) is 0.0789. The molecular weight excluding hydrogens is 945 g/mol. The molecule has 4 aliphatic carbocycles. The van der Waals surface area contributed by atoms with Crippen LogP contribution in [0, 0.1) is 34.5 Å². The van der Waals surface area contributed by atoms with Crippen LogP contribution in [0.1, 0.15) is 194 Å². The normalized spacial score (nSPS) is 24.4. The number of hydrogen-bond donors (Lipinski definition) is 1. The lowest BCUT2D eigenvalue weighted by Crippen LogP contribution is -2.44. The summed E-state index contributed by atoms with van der Waals surface area (Å²) >= 11 is 0. The third-order valence-corrected chi connectivity index (χ3v) is 16.4. The van der Waals surface area contributed by atoms with Gasteiger partial charge in [-0.2, -0.15) is 0 Å². The summed E-state index contributed by atoms with van der Waals surface area (Å²) in [7, 11) is 0. The van der Waals surface area contributed by atoms with Crippen molar-refractivity contribution >= 4 is 24.0 Å². The number of hydrogen-bond acceptors (Lipinski definition) is 11. The Bertz CT molecular complexity index is 2590. The van der Waals surface area contributed by atoms with Gasteiger partial charge in [0.05, 0.1) is 23.5 Å². The number of imide groups is 2. The van der Waals surface area contributed by atoms with Crippen molar-refractivity contribution in [2.45, 2.75) is 186 Å². The maximum atomic E-state index is 13.8. The van der Waals surface area contributed by atoms with E-state index in [0.29, 0.717) is 79.4 Å². The van der Waals surface area contributed by atoms with E-state index in [1.807, 2.05) is 60.7 Å². The largest absolute Gasteiger partial charge is 0.447 e. The zero-order chi connectivity index (χ0) is 53.0. The van der Waals surface area contributed by atoms with Gasteiger partial charge in [0.15, 0.2) is 0 Å². The molecule has 2 aliphatic heterocycles. The predicted octanol–water partition coefficient (Wildman–Crippen LogP) is 12.8. The number of allylic oxidation sites excluding steroid dienone is 1. The molecule has 404 valence electrons. The number of carbonyl (C=O) groups excluding carboxylic acids is 4. The molecule has 4 amide bonds. The first kappa shape index (κ1) is 54.2. The monoisotopic (exact) mass is 1030 g/mol. The topological polar surface area (TPSA) is 166 Å². The number of ether oxygens (including phenoxy) is 2. The highest BCUT2D eigenvalue weighted by molar-refractivity contribution is 5.95. The summed E-state index contributed by atoms with van der Waals surface area (Å²) in [4.78, 5) is 55.6. The summed E-state index contributed by atoms with van der Waals surface area (Å²) in [6.45, 7) is 18.1. The van der Waals surface area contributed by atoms with Gasteiger partial charge in [-0.3, -0.25) is 9.59 Å². The van der Waals surface area contributed by atoms with Crippen molar-refractivity contribution in [2.24, 2.45) is 34.5 Å². The van der Waals surface area contributed by atoms with Crippen LogP contribution in [0.15, 0.2) is 82.4 Å². The number of rotatable bonds is 21. The number of carbonyl (C=O) groups is 4. The first-order chi connectivity index (χ1) is 36.0. The summed E-state index contributed by atoms with van der Waals surface area (Å²) in [6.07, 6.45) is 15.7. The van der Waals surface area contributed by atoms with Crippen LogP contribution in [0.5, 0.6) is 0 Å². The summed E-state index contributed by atoms with van der Waals surface area (Å²) in [5.41, 5.74) is 7.02. The van der Waals surface area contributed by atoms with E-state index in [1.165, 1.54) is 33.8 Å². The van der Waals surface area contributed by atoms with Crippen molar-refractivity contribution in [1.82, 2.24) is 20.1 Å². The Morgan fingerprint density at radius 1 is 0.653 bits per heavy atom. The molecule has 0 bridgehead atoms. The Balaban J connectivity index is 0.000000184. The van der Waals surface area contributed by atoms with E-state index < -0.39 is 24.0 Å². The molecule has 2 aromatic carbocycles. The van der Waals surface area contributed by atoms with Gasteiger partial charge in [-0.25, -0.2) is 19.4 Å². The Kier molecular flexibility index (Phi) is 16.9. The van der Waals surface area contributed by atoms with Crippen LogP contribution in [0.4, 0.5) is 9.59 Å². The Morgan fingerprint density at radius 2 is 1.07 bits per heavy atom. The first-order valence-electron chi connectivity index (χ1n) is 28.2. The van der Waals surface area contributed by atoms with Gasteiger partial charge in [-0.05, 0) is 142 Å². The van der Waals surface area contributed by atoms with Crippen molar-refractivity contribution in [3.05, 3.63) is 118 Å². The average molecular weight is 1030 g/mol. The number of cyclic esters (lactones) is 2. The van der Waals surface area contributed by atoms with Gasteiger partial charge in [0, 0.05) is 54.2 Å². The van der Waals surface area contributed by atoms with E-state index in [9.17, 15) is 24.3 Å². The molecule has 0 spiro atoms. The average Bonchev–Trinajstić information content (AvgIpc) is 4.24. The van der Waals surface area contributed by atoms with Crippen molar-refractivity contribution in [2.75, 3.05) is 19.8 Å². The fourth-order valence-electron chi connectivity index (χ4n) is 12.7. The van der Waals surface area contributed by atoms with Gasteiger partial charge in [0.2, 0.25) is 11.8 Å². The molecule has 13 nitrogen and oxygen atoms in total. The number of aliphatic hydroxyl groups excluding tert-OH is 1. The standard InChI is InChI=1S/C31H42N2O5.C31H40N2O4/c1-31(2,3)18-21-14-24(15-21)28-27(22-11-12-22)26(32-38-28)17-23(10-7-13-34)29(35)33-25(19-37-30(33)36)16-20-8-5-4-6-9-20;1-5-9-23(29(34)33-25(19-36-30(33)35)16-20-10-7-6-8-11-20)17-26-27(22-12-13-22)28(37-32-26)24-14-21(15-24)18-31(2,3)4/h4-6,8-9,21-25,34H,7,10-19H2,1-3H3;5-8,10-11,21-25H,1,9,12-19H2,2-4H3/t2*21?,23-,24?,25-/m00/s1. The van der Waals surface area contributed by atoms with Gasteiger partial charge in [0.1, 0.15) is 24.7 Å². The molecule has 1 N–H and O–H groups in total. The molecule has 0 unspecified atom stereocenters. The minimum absolute atomic E-state index is 0.00153. The van der Waals surface area contributed by atoms with E-state index in [1.54, 1.807) is 6.08 Å². The fourth-order valence-corrected chi connectivity index (χ4v) is 12.7. The molecule has 0 radical (unpaired) electrons. The second kappa shape index (κ2) is 23.4. The van der Waals surface area contributed by atoms with Crippen molar-refractivity contribution in [3.8, 4) is 0 Å². The number of aromatic nitrogens is 2. The molecule has 75 heavy (non-hydrogen) atoms. The maximum Gasteiger partial charge on any atom is 0.416 e. The van der Waals surface area contributed by atoms with Crippen LogP contribution in [-0.4, -0.2) is 81.1 Å². The Hall–Kier alpha value is -5.56. The molecule has 10 rings (SSSR count). The van der Waals surface area contributed by atoms with Gasteiger partial charge >= 0.3 is 12.2 Å². The Morgan fingerprint density at radius 3 is 1.45 bits per heavy atom. The summed E-state index contributed by atoms with van der Waals surface area (Å²) in [5.74, 6) is 4.01. The van der Waals surface area contributed by atoms with E-state index in [4.69, 9.17) is 18.5 Å². The van der Waals surface area contributed by atoms with Gasteiger partial charge in [-0.15, -0.1) is 6.58 Å². The third-order valence-electron chi connectivity index (χ3n) is 16.4. The van der Waals surface area contributed by atoms with Gasteiger partial charge in [-0.1, -0.05) is 119 Å². The van der Waals surface area contributed by atoms with E-state index in [0.717, 1.165) is 97.2 Å². The van der Waals surface area contributed by atoms with Crippen LogP contribution in [0.3, 0.4) is 0 Å². The van der Waals surface area contributed by atoms with Crippen LogP contribution in [0.2, 0.25) is 0 Å². The summed E-state index contributed by atoms with van der Waals surface area (Å²) in [6, 6.07) is 19.1. The first-order valence-corrected chi connectivity index (χ1v) is 28.2. The molecule has 6 fully saturated rings. The summed E-state index contributed by atoms with van der Waals surface area (Å²) in [5, 5.41) is 18.6. The molecule has 13 heteroatoms. The van der Waals surface area contributed by atoms with Crippen molar-refractivity contribution in [1.29, 1.82) is 0 Å². The molecule has 4 heterocycles. The molecule has 2 saturated heterocycles. The van der Waals surface area contributed by atoms with Crippen molar-refractivity contribution in [3.63, 3.8) is 0 Å². The van der Waals surface area contributed by atoms with Crippen LogP contribution < -0.4 is 0 Å². The number of nitrogens with zero attached hydrogens (tertiary/aromatic N) is 4. The fraction of sp³-hybridized carbons (Fsp3) is 0.613. The molecule has 2 aromatic heterocycles.